The van der Waals surface area contributed by atoms with Crippen molar-refractivity contribution in [3.05, 3.63) is 77.9 Å². The van der Waals surface area contributed by atoms with Gasteiger partial charge in [0.05, 0.1) is 0 Å². The normalized spacial score (nSPS) is 10.6. The molecule has 4 aromatic rings. The Morgan fingerprint density at radius 3 is 2.32 bits per heavy atom. The fourth-order valence-corrected chi connectivity index (χ4v) is 2.93. The second-order valence-corrected chi connectivity index (χ2v) is 5.36. The molecule has 100 valence electrons. The number of rotatable bonds is 1. The van der Waals surface area contributed by atoms with Gasteiger partial charge in [-0.3, -0.25) is 0 Å². The fourth-order valence-electron chi connectivity index (χ4n) is 2.73. The van der Waals surface area contributed by atoms with Crippen molar-refractivity contribution in [3.8, 4) is 11.3 Å². The number of hydrogen-bond acceptors (Lipinski definition) is 1. The average Bonchev–Trinajstić information content (AvgIpc) is 2.53. The summed E-state index contributed by atoms with van der Waals surface area (Å²) in [4.78, 5) is 4.57. The van der Waals surface area contributed by atoms with Gasteiger partial charge in [-0.05, 0) is 16.8 Å². The largest absolute Gasteiger partial charge is 1.00 e. The van der Waals surface area contributed by atoms with Crippen LogP contribution in [-0.4, -0.2) is 4.98 Å². The molecule has 0 fully saturated rings. The minimum absolute atomic E-state index is 0. The van der Waals surface area contributed by atoms with Crippen molar-refractivity contribution >= 4 is 33.1 Å². The van der Waals surface area contributed by atoms with Crippen LogP contribution in [0.4, 0.5) is 0 Å². The summed E-state index contributed by atoms with van der Waals surface area (Å²) in [6.07, 6.45) is 0. The maximum Gasteiger partial charge on any atom is 1.00 e. The molecule has 0 spiro atoms. The van der Waals surface area contributed by atoms with Gasteiger partial charge in [0.15, 0.2) is 0 Å². The molecule has 0 bridgehead atoms. The number of pyridine rings is 1. The van der Waals surface area contributed by atoms with E-state index in [9.17, 15) is 0 Å². The Morgan fingerprint density at radius 2 is 1.50 bits per heavy atom. The molecule has 0 saturated heterocycles. The predicted octanol–water partition coefficient (Wildman–Crippen LogP) is 2.51. The van der Waals surface area contributed by atoms with E-state index in [4.69, 9.17) is 11.6 Å². The molecule has 0 aliphatic rings. The van der Waals surface area contributed by atoms with Crippen LogP contribution in [0.2, 0.25) is 5.15 Å². The molecule has 0 N–H and O–H groups in total. The monoisotopic (exact) mass is 295 g/mol. The quantitative estimate of drug-likeness (QED) is 0.299. The zero-order valence-electron chi connectivity index (χ0n) is 12.2. The van der Waals surface area contributed by atoms with Gasteiger partial charge in [-0.25, -0.2) is 4.98 Å². The summed E-state index contributed by atoms with van der Waals surface area (Å²) in [7, 11) is 0. The van der Waals surface area contributed by atoms with Gasteiger partial charge in [-0.2, -0.15) is 18.2 Å². The van der Waals surface area contributed by atoms with E-state index in [0.717, 1.165) is 32.8 Å². The van der Waals surface area contributed by atoms with Gasteiger partial charge in [-0.1, -0.05) is 54.1 Å². The predicted molar refractivity (Wildman–Crippen MR) is 88.5 cm³/mol. The summed E-state index contributed by atoms with van der Waals surface area (Å²) in [6.45, 7) is 0. The minimum atomic E-state index is 0. The van der Waals surface area contributed by atoms with Crippen molar-refractivity contribution in [2.45, 2.75) is 0 Å². The van der Waals surface area contributed by atoms with Gasteiger partial charge in [0, 0.05) is 5.69 Å². The van der Waals surface area contributed by atoms with E-state index in [2.05, 4.69) is 35.3 Å². The number of hydrogen-bond donors (Lipinski definition) is 0. The van der Waals surface area contributed by atoms with Crippen LogP contribution in [0.15, 0.2) is 66.7 Å². The molecule has 0 aliphatic heterocycles. The second-order valence-electron chi connectivity index (χ2n) is 4.97. The Kier molecular flexibility index (Phi) is 4.22. The molecule has 0 atom stereocenters. The van der Waals surface area contributed by atoms with Crippen LogP contribution in [0.3, 0.4) is 0 Å². The molecule has 1 nitrogen and oxygen atoms in total. The van der Waals surface area contributed by atoms with Crippen LogP contribution >= 0.6 is 11.6 Å². The number of fused-ring (bicyclic) bond motifs is 2. The summed E-state index contributed by atoms with van der Waals surface area (Å²) >= 11 is 6.20. The molecule has 1 heterocycles. The van der Waals surface area contributed by atoms with Crippen LogP contribution in [0.25, 0.3) is 32.8 Å². The van der Waals surface area contributed by atoms with E-state index < -0.39 is 0 Å². The van der Waals surface area contributed by atoms with Crippen molar-refractivity contribution in [1.82, 2.24) is 4.98 Å². The molecule has 0 aliphatic carbocycles. The van der Waals surface area contributed by atoms with E-state index >= 15 is 0 Å². The van der Waals surface area contributed by atoms with Crippen molar-refractivity contribution in [2.75, 3.05) is 0 Å². The maximum atomic E-state index is 6.20. The first-order chi connectivity index (χ1) is 10.3. The topological polar surface area (TPSA) is 12.9 Å². The van der Waals surface area contributed by atoms with Crippen molar-refractivity contribution in [3.63, 3.8) is 0 Å². The average molecular weight is 296 g/mol. The Bertz CT molecular complexity index is 960. The summed E-state index contributed by atoms with van der Waals surface area (Å²) in [6, 6.07) is 25.5. The third-order valence-electron chi connectivity index (χ3n) is 3.68. The molecule has 0 saturated carbocycles. The van der Waals surface area contributed by atoms with E-state index in [0.29, 0.717) is 5.15 Å². The summed E-state index contributed by atoms with van der Waals surface area (Å²) < 4.78 is 0. The third-order valence-corrected chi connectivity index (χ3v) is 3.88. The minimum Gasteiger partial charge on any atom is -0.249 e. The van der Waals surface area contributed by atoms with Gasteiger partial charge in [0.25, 0.3) is 0 Å². The van der Waals surface area contributed by atoms with Gasteiger partial charge in [0.1, 0.15) is 5.15 Å². The van der Waals surface area contributed by atoms with Crippen molar-refractivity contribution in [1.29, 1.82) is 0 Å². The molecule has 0 radical (unpaired) electrons. The fraction of sp³-hybridized carbons (Fsp3) is 0. The third kappa shape index (κ3) is 2.53. The first-order valence-electron chi connectivity index (χ1n) is 6.77. The summed E-state index contributed by atoms with van der Waals surface area (Å²) in [5.41, 5.74) is 1.97. The van der Waals surface area contributed by atoms with E-state index in [-0.39, 0.29) is 18.9 Å². The first-order valence-corrected chi connectivity index (χ1v) is 7.15. The Hall–Kier alpha value is -1.78. The maximum absolute atomic E-state index is 6.20. The van der Waals surface area contributed by atoms with Gasteiger partial charge in [-0.15, -0.1) is 22.4 Å². The second kappa shape index (κ2) is 6.14. The number of nitrogens with zero attached hydrogens (tertiary/aromatic N) is 1. The molecular weight excluding hydrogens is 285 g/mol. The van der Waals surface area contributed by atoms with Crippen LogP contribution in [0, 0.1) is 6.07 Å². The number of aromatic nitrogens is 1. The van der Waals surface area contributed by atoms with E-state index in [1.807, 2.05) is 42.5 Å². The molecule has 22 heavy (non-hydrogen) atoms. The van der Waals surface area contributed by atoms with Gasteiger partial charge >= 0.3 is 18.9 Å². The molecule has 4 rings (SSSR count). The zero-order valence-corrected chi connectivity index (χ0v) is 12.9. The van der Waals surface area contributed by atoms with Crippen LogP contribution in [0.5, 0.6) is 0 Å². The SMILES string of the molecule is Clc1cc2ccccc2c(-c2c[c-]cc3ccccc23)n1.[Li+]. The van der Waals surface area contributed by atoms with E-state index in [1.54, 1.807) is 0 Å². The Labute approximate surface area is 146 Å². The summed E-state index contributed by atoms with van der Waals surface area (Å²) in [5, 5.41) is 5.03. The summed E-state index contributed by atoms with van der Waals surface area (Å²) in [5.74, 6) is 0. The first kappa shape index (κ1) is 15.1. The van der Waals surface area contributed by atoms with Crippen molar-refractivity contribution < 1.29 is 18.9 Å². The Balaban J connectivity index is 0.00000144. The number of benzene rings is 3. The number of halogens is 1. The van der Waals surface area contributed by atoms with Gasteiger partial charge in [0.2, 0.25) is 0 Å². The molecular formula is C19H11ClLiN. The smallest absolute Gasteiger partial charge is 0.249 e. The molecule has 0 amide bonds. The van der Waals surface area contributed by atoms with Crippen LogP contribution < -0.4 is 18.9 Å². The standard InChI is InChI=1S/C19H11ClN.Li/c20-18-12-14-7-2-4-10-16(14)19(21-18)17-11-5-8-13-6-1-3-9-15(13)17;/h1-4,6-12H;/q-1;+1. The Morgan fingerprint density at radius 1 is 0.818 bits per heavy atom. The molecule has 0 unspecified atom stereocenters. The van der Waals surface area contributed by atoms with E-state index in [1.165, 1.54) is 0 Å². The van der Waals surface area contributed by atoms with Crippen LogP contribution in [-0.2, 0) is 0 Å². The molecule has 3 heteroatoms. The van der Waals surface area contributed by atoms with Gasteiger partial charge < -0.3 is 0 Å². The molecule has 3 aromatic carbocycles. The van der Waals surface area contributed by atoms with Crippen LogP contribution in [0.1, 0.15) is 0 Å². The van der Waals surface area contributed by atoms with Crippen molar-refractivity contribution in [2.24, 2.45) is 0 Å². The zero-order chi connectivity index (χ0) is 14.2. The molecule has 1 aromatic heterocycles.